The molecule has 0 radical (unpaired) electrons. The van der Waals surface area contributed by atoms with E-state index >= 15 is 0 Å². The Balaban J connectivity index is 2.74. The summed E-state index contributed by atoms with van der Waals surface area (Å²) in [7, 11) is 3.10. The van der Waals surface area contributed by atoms with E-state index in [0.29, 0.717) is 17.1 Å². The molecule has 1 fully saturated rings. The van der Waals surface area contributed by atoms with Crippen molar-refractivity contribution in [2.75, 3.05) is 20.8 Å². The lowest BCUT2D eigenvalue weighted by Gasteiger charge is -2.31. The minimum Gasteiger partial charge on any atom is -0.496 e. The van der Waals surface area contributed by atoms with Gasteiger partial charge in [-0.15, -0.1) is 0 Å². The molecule has 1 atom stereocenters. The van der Waals surface area contributed by atoms with Crippen LogP contribution >= 0.6 is 0 Å². The highest BCUT2D eigenvalue weighted by molar-refractivity contribution is 5.57. The lowest BCUT2D eigenvalue weighted by molar-refractivity contribution is 0.344. The second-order valence-corrected chi connectivity index (χ2v) is 5.37. The highest BCUT2D eigenvalue weighted by atomic mass is 19.1. The molecule has 4 heteroatoms. The van der Waals surface area contributed by atoms with Crippen LogP contribution in [0.15, 0.2) is 0 Å². The van der Waals surface area contributed by atoms with Crippen molar-refractivity contribution in [3.05, 3.63) is 22.5 Å². The van der Waals surface area contributed by atoms with E-state index < -0.39 is 0 Å². The largest absolute Gasteiger partial charge is 0.496 e. The van der Waals surface area contributed by atoms with E-state index in [2.05, 4.69) is 12.2 Å². The van der Waals surface area contributed by atoms with Gasteiger partial charge in [-0.3, -0.25) is 0 Å². The third-order valence-corrected chi connectivity index (χ3v) is 4.14. The summed E-state index contributed by atoms with van der Waals surface area (Å²) in [5, 5.41) is 3.50. The summed E-state index contributed by atoms with van der Waals surface area (Å²) in [6, 6.07) is 0. The first-order chi connectivity index (χ1) is 8.96. The normalized spacial score (nSPS) is 22.6. The minimum atomic E-state index is -0.331. The Hall–Kier alpha value is -1.29. The van der Waals surface area contributed by atoms with Gasteiger partial charge in [0.25, 0.3) is 0 Å². The molecule has 1 N–H and O–H groups in total. The van der Waals surface area contributed by atoms with Gasteiger partial charge in [-0.25, -0.2) is 4.39 Å². The molecule has 1 aromatic carbocycles. The summed E-state index contributed by atoms with van der Waals surface area (Å²) in [4.78, 5) is 0. The fourth-order valence-electron chi connectivity index (χ4n) is 3.18. The van der Waals surface area contributed by atoms with Crippen LogP contribution in [0.4, 0.5) is 4.39 Å². The number of nitrogens with one attached hydrogen (secondary N) is 1. The minimum absolute atomic E-state index is 0.179. The van der Waals surface area contributed by atoms with Gasteiger partial charge in [-0.1, -0.05) is 0 Å². The van der Waals surface area contributed by atoms with E-state index in [4.69, 9.17) is 9.47 Å². The van der Waals surface area contributed by atoms with E-state index in [0.717, 1.165) is 30.5 Å². The average molecular weight is 267 g/mol. The predicted octanol–water partition coefficient (Wildman–Crippen LogP) is 3.06. The smallest absolute Gasteiger partial charge is 0.171 e. The van der Waals surface area contributed by atoms with Crippen LogP contribution in [0.2, 0.25) is 0 Å². The van der Waals surface area contributed by atoms with Gasteiger partial charge in [0.15, 0.2) is 11.6 Å². The molecule has 0 aliphatic carbocycles. The van der Waals surface area contributed by atoms with Gasteiger partial charge < -0.3 is 14.8 Å². The Morgan fingerprint density at radius 1 is 1.11 bits per heavy atom. The number of methoxy groups -OCH3 is 2. The van der Waals surface area contributed by atoms with Crippen LogP contribution in [0.1, 0.15) is 36.5 Å². The van der Waals surface area contributed by atoms with Crippen molar-refractivity contribution in [2.24, 2.45) is 0 Å². The zero-order chi connectivity index (χ0) is 14.2. The molecule has 1 aliphatic heterocycles. The number of rotatable bonds is 3. The second-order valence-electron chi connectivity index (χ2n) is 5.37. The third kappa shape index (κ3) is 2.08. The van der Waals surface area contributed by atoms with Crippen molar-refractivity contribution in [1.82, 2.24) is 5.32 Å². The Labute approximate surface area is 114 Å². The Kier molecular flexibility index (Phi) is 3.72. The zero-order valence-electron chi connectivity index (χ0n) is 12.3. The molecule has 0 aromatic heterocycles. The van der Waals surface area contributed by atoms with Gasteiger partial charge in [0.05, 0.1) is 14.2 Å². The Bertz CT molecular complexity index is 494. The maximum Gasteiger partial charge on any atom is 0.171 e. The first-order valence-corrected chi connectivity index (χ1v) is 6.62. The summed E-state index contributed by atoms with van der Waals surface area (Å²) >= 11 is 0. The summed E-state index contributed by atoms with van der Waals surface area (Å²) in [5.74, 6) is 0.623. The summed E-state index contributed by atoms with van der Waals surface area (Å²) in [6.07, 6.45) is 2.12. The molecule has 0 spiro atoms. The fraction of sp³-hybridized carbons (Fsp3) is 0.600. The van der Waals surface area contributed by atoms with Crippen molar-refractivity contribution >= 4 is 0 Å². The van der Waals surface area contributed by atoms with Crippen LogP contribution in [0.3, 0.4) is 0 Å². The molecule has 19 heavy (non-hydrogen) atoms. The van der Waals surface area contributed by atoms with Crippen molar-refractivity contribution < 1.29 is 13.9 Å². The summed E-state index contributed by atoms with van der Waals surface area (Å²) in [5.41, 5.74) is 2.17. The van der Waals surface area contributed by atoms with Crippen molar-refractivity contribution in [3.8, 4) is 11.5 Å². The monoisotopic (exact) mass is 267 g/mol. The molecule has 2 rings (SSSR count). The highest BCUT2D eigenvalue weighted by Gasteiger charge is 2.37. The number of ether oxygens (including phenoxy) is 2. The summed E-state index contributed by atoms with van der Waals surface area (Å²) in [6.45, 7) is 6.74. The topological polar surface area (TPSA) is 30.5 Å². The fourth-order valence-corrected chi connectivity index (χ4v) is 3.18. The van der Waals surface area contributed by atoms with Crippen LogP contribution in [0, 0.1) is 19.7 Å². The lowest BCUT2D eigenvalue weighted by atomic mass is 9.84. The molecule has 1 heterocycles. The van der Waals surface area contributed by atoms with E-state index in [9.17, 15) is 4.39 Å². The molecule has 106 valence electrons. The SMILES string of the molecule is COc1c(C)c(C2(C)CCCN2)c(OC)c(C)c1F. The molecule has 3 nitrogen and oxygen atoms in total. The van der Waals surface area contributed by atoms with Crippen LogP contribution < -0.4 is 14.8 Å². The van der Waals surface area contributed by atoms with Gasteiger partial charge in [0.2, 0.25) is 0 Å². The predicted molar refractivity (Wildman–Crippen MR) is 73.6 cm³/mol. The standard InChI is InChI=1S/C15H22FNO2/c1-9-11(15(3)7-6-8-17-15)13(18-4)10(2)12(16)14(9)19-5/h17H,6-8H2,1-5H3. The molecular formula is C15H22FNO2. The molecule has 0 saturated carbocycles. The lowest BCUT2D eigenvalue weighted by Crippen LogP contribution is -2.34. The molecular weight excluding hydrogens is 245 g/mol. The van der Waals surface area contributed by atoms with Gasteiger partial charge in [-0.2, -0.15) is 0 Å². The van der Waals surface area contributed by atoms with Crippen molar-refractivity contribution in [3.63, 3.8) is 0 Å². The average Bonchev–Trinajstić information content (AvgIpc) is 2.81. The van der Waals surface area contributed by atoms with Crippen molar-refractivity contribution in [1.29, 1.82) is 0 Å². The van der Waals surface area contributed by atoms with Crippen LogP contribution in [0.25, 0.3) is 0 Å². The Morgan fingerprint density at radius 3 is 2.21 bits per heavy atom. The summed E-state index contributed by atoms with van der Waals surface area (Å²) < 4.78 is 25.0. The van der Waals surface area contributed by atoms with E-state index in [1.165, 1.54) is 7.11 Å². The molecule has 1 aliphatic rings. The van der Waals surface area contributed by atoms with E-state index in [-0.39, 0.29) is 11.4 Å². The molecule has 0 bridgehead atoms. The molecule has 1 unspecified atom stereocenters. The molecule has 1 aromatic rings. The Morgan fingerprint density at radius 2 is 1.74 bits per heavy atom. The number of hydrogen-bond acceptors (Lipinski definition) is 3. The maximum absolute atomic E-state index is 14.3. The van der Waals surface area contributed by atoms with Crippen molar-refractivity contribution in [2.45, 2.75) is 39.2 Å². The third-order valence-electron chi connectivity index (χ3n) is 4.14. The number of halogens is 1. The number of benzene rings is 1. The zero-order valence-corrected chi connectivity index (χ0v) is 12.3. The van der Waals surface area contributed by atoms with Gasteiger partial charge in [0.1, 0.15) is 5.75 Å². The van der Waals surface area contributed by atoms with Crippen LogP contribution in [-0.2, 0) is 5.54 Å². The maximum atomic E-state index is 14.3. The highest BCUT2D eigenvalue weighted by Crippen LogP contribution is 2.45. The van der Waals surface area contributed by atoms with Gasteiger partial charge in [-0.05, 0) is 40.2 Å². The first-order valence-electron chi connectivity index (χ1n) is 6.62. The molecule has 0 amide bonds. The second kappa shape index (κ2) is 5.00. The van der Waals surface area contributed by atoms with E-state index in [1.807, 2.05) is 6.92 Å². The van der Waals surface area contributed by atoms with Crippen LogP contribution in [-0.4, -0.2) is 20.8 Å². The van der Waals surface area contributed by atoms with Gasteiger partial charge >= 0.3 is 0 Å². The number of hydrogen-bond donors (Lipinski definition) is 1. The first kappa shape index (κ1) is 14.1. The molecule has 1 saturated heterocycles. The van der Waals surface area contributed by atoms with Crippen LogP contribution in [0.5, 0.6) is 11.5 Å². The quantitative estimate of drug-likeness (QED) is 0.913. The van der Waals surface area contributed by atoms with E-state index in [1.54, 1.807) is 14.0 Å². The van der Waals surface area contributed by atoms with Gasteiger partial charge in [0, 0.05) is 22.2 Å².